The van der Waals surface area contributed by atoms with Gasteiger partial charge in [0.05, 0.1) is 28.5 Å². The minimum Gasteiger partial charge on any atom is -0.391 e. The first kappa shape index (κ1) is 18.6. The summed E-state index contributed by atoms with van der Waals surface area (Å²) >= 11 is 0. The van der Waals surface area contributed by atoms with Crippen molar-refractivity contribution in [3.8, 4) is 5.69 Å². The largest absolute Gasteiger partial charge is 0.391 e. The second-order valence-electron chi connectivity index (χ2n) is 5.80. The van der Waals surface area contributed by atoms with Gasteiger partial charge < -0.3 is 10.4 Å². The van der Waals surface area contributed by atoms with Gasteiger partial charge >= 0.3 is 0 Å². The Morgan fingerprint density at radius 1 is 1.32 bits per heavy atom. The van der Waals surface area contributed by atoms with Crippen molar-refractivity contribution in [2.45, 2.75) is 32.8 Å². The van der Waals surface area contributed by atoms with Crippen molar-refractivity contribution in [2.75, 3.05) is 6.54 Å². The van der Waals surface area contributed by atoms with E-state index in [2.05, 4.69) is 10.4 Å². The van der Waals surface area contributed by atoms with Crippen LogP contribution in [0.3, 0.4) is 0 Å². The van der Waals surface area contributed by atoms with Gasteiger partial charge in [0.15, 0.2) is 0 Å². The fourth-order valence-electron chi connectivity index (χ4n) is 2.61. The Balaban J connectivity index is 2.00. The quantitative estimate of drug-likeness (QED) is 0.563. The number of benzene rings is 1. The molecule has 25 heavy (non-hydrogen) atoms. The van der Waals surface area contributed by atoms with Crippen molar-refractivity contribution in [3.05, 3.63) is 52.3 Å². The van der Waals surface area contributed by atoms with E-state index in [-0.39, 0.29) is 24.1 Å². The summed E-state index contributed by atoms with van der Waals surface area (Å²) in [5, 5.41) is 27.5. The lowest BCUT2D eigenvalue weighted by molar-refractivity contribution is -0.384. The number of amides is 1. The van der Waals surface area contributed by atoms with E-state index in [1.165, 1.54) is 23.0 Å². The zero-order chi connectivity index (χ0) is 18.4. The minimum absolute atomic E-state index is 0.00994. The molecule has 1 amide bonds. The van der Waals surface area contributed by atoms with E-state index >= 15 is 0 Å². The molecule has 0 bridgehead atoms. The summed E-state index contributed by atoms with van der Waals surface area (Å²) in [5.41, 5.74) is 0.959. The first-order valence-corrected chi connectivity index (χ1v) is 8.22. The number of aliphatic hydroxyl groups is 1. The van der Waals surface area contributed by atoms with Gasteiger partial charge in [0.2, 0.25) is 0 Å². The maximum atomic E-state index is 12.2. The van der Waals surface area contributed by atoms with E-state index < -0.39 is 11.0 Å². The Kier molecular flexibility index (Phi) is 6.24. The molecule has 134 valence electrons. The van der Waals surface area contributed by atoms with Gasteiger partial charge in [-0.3, -0.25) is 14.9 Å². The molecule has 2 N–H and O–H groups in total. The van der Waals surface area contributed by atoms with Crippen LogP contribution < -0.4 is 5.32 Å². The number of non-ortho nitro benzene ring substituents is 1. The van der Waals surface area contributed by atoms with Gasteiger partial charge in [-0.25, -0.2) is 4.68 Å². The van der Waals surface area contributed by atoms with E-state index in [1.54, 1.807) is 18.3 Å². The first-order chi connectivity index (χ1) is 12.0. The predicted octanol–water partition coefficient (Wildman–Crippen LogP) is 2.31. The summed E-state index contributed by atoms with van der Waals surface area (Å²) in [4.78, 5) is 22.4. The van der Waals surface area contributed by atoms with Crippen LogP contribution in [-0.4, -0.2) is 38.4 Å². The Bertz CT molecular complexity index is 723. The predicted molar refractivity (Wildman–Crippen MR) is 92.6 cm³/mol. The number of nitro groups is 1. The van der Waals surface area contributed by atoms with Crippen LogP contribution in [0.1, 0.15) is 37.0 Å². The standard InChI is InChI=1S/C17H22N4O4/c1-3-12(4-2)16(22)10-18-17(23)13-9-19-20(11-13)14-5-7-15(8-6-14)21(24)25/h5-9,11-12,16,22H,3-4,10H2,1-2H3,(H,18,23). The van der Waals surface area contributed by atoms with Crippen LogP contribution in [0, 0.1) is 16.0 Å². The molecule has 0 saturated carbocycles. The van der Waals surface area contributed by atoms with Gasteiger partial charge in [-0.1, -0.05) is 26.7 Å². The van der Waals surface area contributed by atoms with Gasteiger partial charge in [0, 0.05) is 24.9 Å². The fourth-order valence-corrected chi connectivity index (χ4v) is 2.61. The third-order valence-electron chi connectivity index (χ3n) is 4.23. The van der Waals surface area contributed by atoms with Crippen molar-refractivity contribution >= 4 is 11.6 Å². The molecule has 1 unspecified atom stereocenters. The molecule has 1 aromatic carbocycles. The van der Waals surface area contributed by atoms with Gasteiger partial charge in [-0.2, -0.15) is 5.10 Å². The molecule has 1 atom stereocenters. The Labute approximate surface area is 145 Å². The molecule has 0 spiro atoms. The summed E-state index contributed by atoms with van der Waals surface area (Å²) in [6, 6.07) is 5.87. The van der Waals surface area contributed by atoms with Crippen LogP contribution >= 0.6 is 0 Å². The molecular formula is C17H22N4O4. The highest BCUT2D eigenvalue weighted by molar-refractivity contribution is 5.93. The van der Waals surface area contributed by atoms with E-state index in [1.807, 2.05) is 13.8 Å². The fraction of sp³-hybridized carbons (Fsp3) is 0.412. The molecule has 0 fully saturated rings. The summed E-state index contributed by atoms with van der Waals surface area (Å²) in [5.74, 6) is -0.165. The molecule has 2 rings (SSSR count). The van der Waals surface area contributed by atoms with E-state index in [9.17, 15) is 20.0 Å². The molecule has 0 aliphatic rings. The van der Waals surface area contributed by atoms with Crippen molar-refractivity contribution in [3.63, 3.8) is 0 Å². The van der Waals surface area contributed by atoms with Crippen molar-refractivity contribution in [1.82, 2.24) is 15.1 Å². The topological polar surface area (TPSA) is 110 Å². The molecule has 0 aliphatic heterocycles. The molecule has 0 aliphatic carbocycles. The lowest BCUT2D eigenvalue weighted by atomic mass is 9.96. The Morgan fingerprint density at radius 3 is 2.52 bits per heavy atom. The highest BCUT2D eigenvalue weighted by Gasteiger charge is 2.17. The normalized spacial score (nSPS) is 12.2. The van der Waals surface area contributed by atoms with Crippen molar-refractivity contribution < 1.29 is 14.8 Å². The van der Waals surface area contributed by atoms with Crippen molar-refractivity contribution in [1.29, 1.82) is 0 Å². The van der Waals surface area contributed by atoms with E-state index in [0.717, 1.165) is 12.8 Å². The first-order valence-electron chi connectivity index (χ1n) is 8.22. The lowest BCUT2D eigenvalue weighted by Crippen LogP contribution is -2.35. The Hall–Kier alpha value is -2.74. The number of hydrogen-bond acceptors (Lipinski definition) is 5. The lowest BCUT2D eigenvalue weighted by Gasteiger charge is -2.20. The number of nitrogens with one attached hydrogen (secondary N) is 1. The maximum absolute atomic E-state index is 12.2. The van der Waals surface area contributed by atoms with Crippen LogP contribution in [0.4, 0.5) is 5.69 Å². The van der Waals surface area contributed by atoms with Gasteiger partial charge in [-0.05, 0) is 18.1 Å². The Morgan fingerprint density at radius 2 is 1.96 bits per heavy atom. The SMILES string of the molecule is CCC(CC)C(O)CNC(=O)c1cnn(-c2ccc([N+](=O)[O-])cc2)c1. The van der Waals surface area contributed by atoms with Gasteiger partial charge in [-0.15, -0.1) is 0 Å². The summed E-state index contributed by atoms with van der Waals surface area (Å²) in [7, 11) is 0. The number of carbonyl (C=O) groups is 1. The smallest absolute Gasteiger partial charge is 0.269 e. The monoisotopic (exact) mass is 346 g/mol. The number of aliphatic hydroxyl groups excluding tert-OH is 1. The third-order valence-corrected chi connectivity index (χ3v) is 4.23. The van der Waals surface area contributed by atoms with Crippen LogP contribution in [-0.2, 0) is 0 Å². The zero-order valence-electron chi connectivity index (χ0n) is 14.3. The van der Waals surface area contributed by atoms with E-state index in [0.29, 0.717) is 11.3 Å². The number of aromatic nitrogens is 2. The van der Waals surface area contributed by atoms with Crippen LogP contribution in [0.25, 0.3) is 5.69 Å². The van der Waals surface area contributed by atoms with Gasteiger partial charge in [0.25, 0.3) is 11.6 Å². The minimum atomic E-state index is -0.580. The number of nitro benzene ring substituents is 1. The molecule has 0 saturated heterocycles. The maximum Gasteiger partial charge on any atom is 0.269 e. The molecule has 1 heterocycles. The molecule has 8 heteroatoms. The number of hydrogen-bond donors (Lipinski definition) is 2. The highest BCUT2D eigenvalue weighted by atomic mass is 16.6. The molecular weight excluding hydrogens is 324 g/mol. The van der Waals surface area contributed by atoms with Crippen LogP contribution in [0.2, 0.25) is 0 Å². The second kappa shape index (κ2) is 8.39. The van der Waals surface area contributed by atoms with Crippen LogP contribution in [0.5, 0.6) is 0 Å². The highest BCUT2D eigenvalue weighted by Crippen LogP contribution is 2.15. The third kappa shape index (κ3) is 4.63. The molecule has 8 nitrogen and oxygen atoms in total. The summed E-state index contributed by atoms with van der Waals surface area (Å²) < 4.78 is 1.47. The molecule has 0 radical (unpaired) electrons. The van der Waals surface area contributed by atoms with Crippen molar-refractivity contribution in [2.24, 2.45) is 5.92 Å². The molecule has 1 aromatic heterocycles. The second-order valence-corrected chi connectivity index (χ2v) is 5.80. The van der Waals surface area contributed by atoms with E-state index in [4.69, 9.17) is 0 Å². The average Bonchev–Trinajstić information content (AvgIpc) is 3.11. The summed E-state index contributed by atoms with van der Waals surface area (Å²) in [6.07, 6.45) is 4.08. The number of rotatable bonds is 8. The molecule has 2 aromatic rings. The average molecular weight is 346 g/mol. The van der Waals surface area contributed by atoms with Crippen LogP contribution in [0.15, 0.2) is 36.7 Å². The zero-order valence-corrected chi connectivity index (χ0v) is 14.3. The number of carbonyl (C=O) groups excluding carboxylic acids is 1. The summed E-state index contributed by atoms with van der Waals surface area (Å²) in [6.45, 7) is 4.20. The number of nitrogens with zero attached hydrogens (tertiary/aromatic N) is 3. The van der Waals surface area contributed by atoms with Gasteiger partial charge in [0.1, 0.15) is 0 Å².